The first-order chi connectivity index (χ1) is 15.4. The molecule has 2 N–H and O–H groups in total. The Hall–Kier alpha value is -3.51. The molecule has 0 aliphatic rings. The molecule has 2 aromatic carbocycles. The summed E-state index contributed by atoms with van der Waals surface area (Å²) >= 11 is 1.65. The van der Waals surface area contributed by atoms with E-state index in [1.54, 1.807) is 11.3 Å². The van der Waals surface area contributed by atoms with Crippen LogP contribution in [0.3, 0.4) is 0 Å². The lowest BCUT2D eigenvalue weighted by atomic mass is 10.00. The Morgan fingerprint density at radius 1 is 0.969 bits per heavy atom. The van der Waals surface area contributed by atoms with Gasteiger partial charge >= 0.3 is 0 Å². The number of thiophene rings is 1. The van der Waals surface area contributed by atoms with Gasteiger partial charge in [0.15, 0.2) is 0 Å². The molecule has 0 unspecified atom stereocenters. The standard InChI is InChI=1S/C26H25N3O2S/c1-16(2)25(24-9-6-14-32-24)29-26(31)21-15-23(28-22-8-5-4-7-20(21)22)18-10-12-19(13-11-18)27-17(3)30/h4-16,25H,1-3H3,(H,27,30)(H,29,31)/t25-/m1/s1. The van der Waals surface area contributed by atoms with Crippen LogP contribution >= 0.6 is 11.3 Å². The number of hydrogen-bond donors (Lipinski definition) is 2. The number of nitrogens with zero attached hydrogens (tertiary/aromatic N) is 1. The summed E-state index contributed by atoms with van der Waals surface area (Å²) in [6.45, 7) is 5.69. The molecule has 2 aromatic heterocycles. The van der Waals surface area contributed by atoms with Crippen LogP contribution in [-0.4, -0.2) is 16.8 Å². The summed E-state index contributed by atoms with van der Waals surface area (Å²) < 4.78 is 0. The van der Waals surface area contributed by atoms with Crippen LogP contribution in [0.2, 0.25) is 0 Å². The van der Waals surface area contributed by atoms with Gasteiger partial charge in [-0.2, -0.15) is 0 Å². The van der Waals surface area contributed by atoms with E-state index >= 15 is 0 Å². The SMILES string of the molecule is CC(=O)Nc1ccc(-c2cc(C(=O)N[C@@H](c3cccs3)C(C)C)c3ccccc3n2)cc1. The molecule has 0 saturated carbocycles. The van der Waals surface area contributed by atoms with Crippen molar-refractivity contribution in [3.8, 4) is 11.3 Å². The Morgan fingerprint density at radius 3 is 2.38 bits per heavy atom. The molecule has 32 heavy (non-hydrogen) atoms. The minimum Gasteiger partial charge on any atom is -0.344 e. The minimum atomic E-state index is -0.119. The van der Waals surface area contributed by atoms with Crippen LogP contribution in [0.4, 0.5) is 5.69 Å². The predicted octanol–water partition coefficient (Wildman–Crippen LogP) is 6.05. The molecule has 6 heteroatoms. The second-order valence-electron chi connectivity index (χ2n) is 8.04. The first-order valence-electron chi connectivity index (χ1n) is 10.5. The minimum absolute atomic E-state index is 0.0604. The molecule has 0 aliphatic heterocycles. The third-order valence-electron chi connectivity index (χ3n) is 5.26. The van der Waals surface area contributed by atoms with Crippen molar-refractivity contribution < 1.29 is 9.59 Å². The maximum atomic E-state index is 13.4. The second kappa shape index (κ2) is 9.32. The molecule has 0 radical (unpaired) electrons. The van der Waals surface area contributed by atoms with Gasteiger partial charge in [-0.05, 0) is 41.6 Å². The number of carbonyl (C=O) groups excluding carboxylic acids is 2. The first-order valence-corrected chi connectivity index (χ1v) is 11.4. The Morgan fingerprint density at radius 2 is 1.72 bits per heavy atom. The summed E-state index contributed by atoms with van der Waals surface area (Å²) in [6.07, 6.45) is 0. The van der Waals surface area contributed by atoms with Gasteiger partial charge in [-0.1, -0.05) is 50.2 Å². The molecule has 1 atom stereocenters. The molecule has 0 saturated heterocycles. The van der Waals surface area contributed by atoms with Gasteiger partial charge < -0.3 is 10.6 Å². The first kappa shape index (κ1) is 21.7. The van der Waals surface area contributed by atoms with E-state index in [0.717, 1.165) is 27.0 Å². The van der Waals surface area contributed by atoms with Crippen molar-refractivity contribution >= 4 is 39.7 Å². The summed E-state index contributed by atoms with van der Waals surface area (Å²) in [5, 5.41) is 8.84. The number of fused-ring (bicyclic) bond motifs is 1. The Labute approximate surface area is 191 Å². The predicted molar refractivity (Wildman–Crippen MR) is 131 cm³/mol. The Bertz CT molecular complexity index is 1250. The molecule has 5 nitrogen and oxygen atoms in total. The normalized spacial score (nSPS) is 12.0. The topological polar surface area (TPSA) is 71.1 Å². The summed E-state index contributed by atoms with van der Waals surface area (Å²) in [5.74, 6) is 0.0179. The number of para-hydroxylation sites is 1. The van der Waals surface area contributed by atoms with Gasteiger partial charge in [0.05, 0.1) is 22.8 Å². The lowest BCUT2D eigenvalue weighted by Gasteiger charge is -2.22. The second-order valence-corrected chi connectivity index (χ2v) is 9.02. The van der Waals surface area contributed by atoms with Crippen LogP contribution < -0.4 is 10.6 Å². The largest absolute Gasteiger partial charge is 0.344 e. The maximum Gasteiger partial charge on any atom is 0.252 e. The highest BCUT2D eigenvalue weighted by Crippen LogP contribution is 2.29. The number of aromatic nitrogens is 1. The van der Waals surface area contributed by atoms with E-state index in [1.807, 2.05) is 66.0 Å². The van der Waals surface area contributed by atoms with E-state index in [1.165, 1.54) is 6.92 Å². The number of nitrogens with one attached hydrogen (secondary N) is 2. The number of pyridine rings is 1. The molecule has 0 aliphatic carbocycles. The lowest BCUT2D eigenvalue weighted by Crippen LogP contribution is -2.31. The van der Waals surface area contributed by atoms with Crippen LogP contribution in [0.15, 0.2) is 72.1 Å². The van der Waals surface area contributed by atoms with Crippen LogP contribution in [0.1, 0.15) is 42.0 Å². The van der Waals surface area contributed by atoms with Crippen LogP contribution in [0.25, 0.3) is 22.2 Å². The van der Waals surface area contributed by atoms with Gasteiger partial charge in [0.1, 0.15) is 0 Å². The van der Waals surface area contributed by atoms with E-state index in [2.05, 4.69) is 30.5 Å². The number of amides is 2. The van der Waals surface area contributed by atoms with Crippen LogP contribution in [0.5, 0.6) is 0 Å². The monoisotopic (exact) mass is 443 g/mol. The van der Waals surface area contributed by atoms with Gasteiger partial charge in [0.25, 0.3) is 5.91 Å². The van der Waals surface area contributed by atoms with Crippen molar-refractivity contribution in [1.82, 2.24) is 10.3 Å². The average Bonchev–Trinajstić information content (AvgIpc) is 3.31. The number of hydrogen-bond acceptors (Lipinski definition) is 4. The number of benzene rings is 2. The van der Waals surface area contributed by atoms with Crippen molar-refractivity contribution in [3.05, 3.63) is 82.6 Å². The Balaban J connectivity index is 1.72. The van der Waals surface area contributed by atoms with Gasteiger partial charge in [-0.15, -0.1) is 11.3 Å². The summed E-state index contributed by atoms with van der Waals surface area (Å²) in [6, 6.07) is 21.0. The molecule has 0 bridgehead atoms. The molecule has 162 valence electrons. The van der Waals surface area contributed by atoms with E-state index in [0.29, 0.717) is 11.3 Å². The van der Waals surface area contributed by atoms with Crippen molar-refractivity contribution in [2.75, 3.05) is 5.32 Å². The molecule has 0 fully saturated rings. The van der Waals surface area contributed by atoms with Gasteiger partial charge in [0.2, 0.25) is 5.91 Å². The van der Waals surface area contributed by atoms with Gasteiger partial charge in [0, 0.05) is 28.4 Å². The van der Waals surface area contributed by atoms with Crippen molar-refractivity contribution in [2.45, 2.75) is 26.8 Å². The fourth-order valence-electron chi connectivity index (χ4n) is 3.69. The molecule has 0 spiro atoms. The zero-order chi connectivity index (χ0) is 22.7. The zero-order valence-electron chi connectivity index (χ0n) is 18.3. The zero-order valence-corrected chi connectivity index (χ0v) is 19.1. The van der Waals surface area contributed by atoms with E-state index in [4.69, 9.17) is 4.98 Å². The molecule has 4 aromatic rings. The van der Waals surface area contributed by atoms with Crippen LogP contribution in [-0.2, 0) is 4.79 Å². The van der Waals surface area contributed by atoms with Crippen molar-refractivity contribution in [2.24, 2.45) is 5.92 Å². The highest BCUT2D eigenvalue weighted by molar-refractivity contribution is 7.10. The highest BCUT2D eigenvalue weighted by atomic mass is 32.1. The molecule has 4 rings (SSSR count). The van der Waals surface area contributed by atoms with E-state index in [-0.39, 0.29) is 23.8 Å². The quantitative estimate of drug-likeness (QED) is 0.381. The summed E-state index contributed by atoms with van der Waals surface area (Å²) in [7, 11) is 0. The molecule has 2 amide bonds. The summed E-state index contributed by atoms with van der Waals surface area (Å²) in [4.78, 5) is 30.7. The van der Waals surface area contributed by atoms with E-state index in [9.17, 15) is 9.59 Å². The average molecular weight is 444 g/mol. The lowest BCUT2D eigenvalue weighted by molar-refractivity contribution is -0.114. The molecular formula is C26H25N3O2S. The third kappa shape index (κ3) is 4.70. The Kier molecular flexibility index (Phi) is 6.32. The highest BCUT2D eigenvalue weighted by Gasteiger charge is 2.22. The smallest absolute Gasteiger partial charge is 0.252 e. The fourth-order valence-corrected chi connectivity index (χ4v) is 4.64. The third-order valence-corrected chi connectivity index (χ3v) is 6.22. The van der Waals surface area contributed by atoms with Crippen LogP contribution in [0, 0.1) is 5.92 Å². The van der Waals surface area contributed by atoms with Crippen molar-refractivity contribution in [1.29, 1.82) is 0 Å². The number of anilines is 1. The maximum absolute atomic E-state index is 13.4. The summed E-state index contributed by atoms with van der Waals surface area (Å²) in [5.41, 5.74) is 3.66. The van der Waals surface area contributed by atoms with E-state index < -0.39 is 0 Å². The number of carbonyl (C=O) groups is 2. The molecule has 2 heterocycles. The number of rotatable bonds is 6. The van der Waals surface area contributed by atoms with Crippen molar-refractivity contribution in [3.63, 3.8) is 0 Å². The van der Waals surface area contributed by atoms with Gasteiger partial charge in [-0.25, -0.2) is 4.98 Å². The molecular weight excluding hydrogens is 418 g/mol. The van der Waals surface area contributed by atoms with Gasteiger partial charge in [-0.3, -0.25) is 9.59 Å². The fraction of sp³-hybridized carbons (Fsp3) is 0.192.